The number of nitrogens with one attached hydrogen (secondary N) is 1. The number of nitrogens with zero attached hydrogens (tertiary/aromatic N) is 4. The van der Waals surface area contributed by atoms with Gasteiger partial charge >= 0.3 is 0 Å². The molecule has 0 aliphatic rings. The van der Waals surface area contributed by atoms with Crippen LogP contribution in [0, 0.1) is 6.92 Å². The molecule has 2 heterocycles. The topological polar surface area (TPSA) is 116 Å². The number of hydrogen-bond donors (Lipinski definition) is 2. The number of rotatable bonds is 4. The molecule has 0 bridgehead atoms. The minimum atomic E-state index is -3.70. The highest BCUT2D eigenvalue weighted by atomic mass is 32.2. The molecule has 3 N–H and O–H groups in total. The van der Waals surface area contributed by atoms with Crippen LogP contribution < -0.4 is 10.5 Å². The molecular weight excluding hydrogens is 268 g/mol. The molecule has 8 nitrogen and oxygen atoms in total. The Hall–Kier alpha value is -2.00. The van der Waals surface area contributed by atoms with Gasteiger partial charge in [0.2, 0.25) is 10.0 Å². The van der Waals surface area contributed by atoms with Crippen LogP contribution in [0.3, 0.4) is 0 Å². The van der Waals surface area contributed by atoms with Gasteiger partial charge in [0.15, 0.2) is 5.82 Å². The van der Waals surface area contributed by atoms with E-state index in [4.69, 9.17) is 5.73 Å². The molecule has 19 heavy (non-hydrogen) atoms. The number of hydrogen-bond acceptors (Lipinski definition) is 6. The summed E-state index contributed by atoms with van der Waals surface area (Å²) in [6.45, 7) is 1.85. The van der Waals surface area contributed by atoms with Gasteiger partial charge in [0.25, 0.3) is 0 Å². The van der Waals surface area contributed by atoms with E-state index < -0.39 is 10.0 Å². The van der Waals surface area contributed by atoms with Crippen molar-refractivity contribution in [1.29, 1.82) is 0 Å². The van der Waals surface area contributed by atoms with Gasteiger partial charge in [-0.05, 0) is 6.92 Å². The zero-order valence-corrected chi connectivity index (χ0v) is 11.3. The Morgan fingerprint density at radius 3 is 2.63 bits per heavy atom. The lowest BCUT2D eigenvalue weighted by Gasteiger charge is -2.04. The Morgan fingerprint density at radius 2 is 2.11 bits per heavy atom. The van der Waals surface area contributed by atoms with Crippen LogP contribution >= 0.6 is 0 Å². The Bertz CT molecular complexity index is 677. The van der Waals surface area contributed by atoms with Gasteiger partial charge in [-0.2, -0.15) is 5.10 Å². The average Bonchev–Trinajstić information content (AvgIpc) is 2.69. The molecule has 102 valence electrons. The van der Waals surface area contributed by atoms with E-state index in [1.165, 1.54) is 17.1 Å². The Kier molecular flexibility index (Phi) is 3.49. The molecule has 0 spiro atoms. The molecule has 0 aliphatic carbocycles. The Balaban J connectivity index is 2.14. The maximum atomic E-state index is 12.0. The number of nitrogens with two attached hydrogens (primary N) is 1. The van der Waals surface area contributed by atoms with Gasteiger partial charge in [-0.3, -0.25) is 14.6 Å². The summed E-state index contributed by atoms with van der Waals surface area (Å²) >= 11 is 0. The van der Waals surface area contributed by atoms with Crippen LogP contribution in [-0.4, -0.2) is 28.2 Å². The first-order valence-corrected chi connectivity index (χ1v) is 6.93. The van der Waals surface area contributed by atoms with E-state index in [-0.39, 0.29) is 17.3 Å². The number of aromatic nitrogens is 4. The van der Waals surface area contributed by atoms with Crippen molar-refractivity contribution in [2.45, 2.75) is 18.4 Å². The van der Waals surface area contributed by atoms with E-state index >= 15 is 0 Å². The summed E-state index contributed by atoms with van der Waals surface area (Å²) in [5.74, 6) is -0.0370. The lowest BCUT2D eigenvalue weighted by Crippen LogP contribution is -2.24. The fourth-order valence-corrected chi connectivity index (χ4v) is 2.55. The highest BCUT2D eigenvalue weighted by Gasteiger charge is 2.20. The Labute approximate surface area is 110 Å². The van der Waals surface area contributed by atoms with E-state index in [0.717, 1.165) is 5.69 Å². The third-order valence-electron chi connectivity index (χ3n) is 2.39. The second-order valence-corrected chi connectivity index (χ2v) is 5.76. The number of sulfonamides is 1. The van der Waals surface area contributed by atoms with E-state index in [9.17, 15) is 8.42 Å². The van der Waals surface area contributed by atoms with Gasteiger partial charge in [-0.25, -0.2) is 13.1 Å². The van der Waals surface area contributed by atoms with Gasteiger partial charge in [0.1, 0.15) is 4.90 Å². The third kappa shape index (κ3) is 3.06. The third-order valence-corrected chi connectivity index (χ3v) is 3.81. The van der Waals surface area contributed by atoms with Gasteiger partial charge in [0.05, 0.1) is 24.1 Å². The lowest BCUT2D eigenvalue weighted by atomic mass is 10.4. The molecule has 2 rings (SSSR count). The minimum Gasteiger partial charge on any atom is -0.381 e. The summed E-state index contributed by atoms with van der Waals surface area (Å²) in [6, 6.07) is 0. The average molecular weight is 282 g/mol. The van der Waals surface area contributed by atoms with E-state index in [2.05, 4.69) is 19.8 Å². The van der Waals surface area contributed by atoms with Crippen molar-refractivity contribution in [3.05, 3.63) is 30.0 Å². The quantitative estimate of drug-likeness (QED) is 0.786. The normalized spacial score (nSPS) is 11.7. The van der Waals surface area contributed by atoms with Crippen molar-refractivity contribution < 1.29 is 8.42 Å². The van der Waals surface area contributed by atoms with Crippen molar-refractivity contribution in [3.8, 4) is 0 Å². The summed E-state index contributed by atoms with van der Waals surface area (Å²) < 4.78 is 27.8. The fourth-order valence-electron chi connectivity index (χ4n) is 1.45. The summed E-state index contributed by atoms with van der Waals surface area (Å²) in [4.78, 5) is 8.05. The molecule has 2 aromatic heterocycles. The molecule has 9 heteroatoms. The SMILES string of the molecule is Cc1cnc(CNS(=O)(=O)c2cn(C)nc2N)cn1. The first-order valence-electron chi connectivity index (χ1n) is 5.45. The smallest absolute Gasteiger partial charge is 0.246 e. The van der Waals surface area contributed by atoms with Crippen molar-refractivity contribution in [2.24, 2.45) is 7.05 Å². The molecule has 2 aromatic rings. The summed E-state index contributed by atoms with van der Waals surface area (Å²) in [7, 11) is -2.11. The number of anilines is 1. The fraction of sp³-hybridized carbons (Fsp3) is 0.300. The van der Waals surface area contributed by atoms with Crippen molar-refractivity contribution in [2.75, 3.05) is 5.73 Å². The number of aryl methyl sites for hydroxylation is 2. The minimum absolute atomic E-state index is 0.0370. The molecule has 0 amide bonds. The molecule has 0 atom stereocenters. The maximum absolute atomic E-state index is 12.0. The van der Waals surface area contributed by atoms with Crippen molar-refractivity contribution in [3.63, 3.8) is 0 Å². The highest BCUT2D eigenvalue weighted by Crippen LogP contribution is 2.15. The van der Waals surface area contributed by atoms with E-state index in [1.807, 2.05) is 0 Å². The summed E-state index contributed by atoms with van der Waals surface area (Å²) in [6.07, 6.45) is 4.44. The van der Waals surface area contributed by atoms with Crippen LogP contribution in [0.25, 0.3) is 0 Å². The van der Waals surface area contributed by atoms with E-state index in [1.54, 1.807) is 20.2 Å². The van der Waals surface area contributed by atoms with Crippen LogP contribution in [-0.2, 0) is 23.6 Å². The molecule has 0 aliphatic heterocycles. The maximum Gasteiger partial charge on any atom is 0.246 e. The largest absolute Gasteiger partial charge is 0.381 e. The zero-order valence-electron chi connectivity index (χ0n) is 10.5. The summed E-state index contributed by atoms with van der Waals surface area (Å²) in [5.41, 5.74) is 6.83. The molecular formula is C10H14N6O2S. The van der Waals surface area contributed by atoms with Crippen LogP contribution in [0.15, 0.2) is 23.5 Å². The summed E-state index contributed by atoms with van der Waals surface area (Å²) in [5, 5.41) is 3.79. The highest BCUT2D eigenvalue weighted by molar-refractivity contribution is 7.89. The van der Waals surface area contributed by atoms with Gasteiger partial charge in [-0.15, -0.1) is 0 Å². The van der Waals surface area contributed by atoms with E-state index in [0.29, 0.717) is 5.69 Å². The first kappa shape index (κ1) is 13.4. The molecule has 0 radical (unpaired) electrons. The van der Waals surface area contributed by atoms with Crippen molar-refractivity contribution >= 4 is 15.8 Å². The zero-order chi connectivity index (χ0) is 14.0. The second-order valence-electron chi connectivity index (χ2n) is 4.03. The second kappa shape index (κ2) is 4.94. The van der Waals surface area contributed by atoms with Gasteiger partial charge < -0.3 is 5.73 Å². The lowest BCUT2D eigenvalue weighted by molar-refractivity contribution is 0.580. The van der Waals surface area contributed by atoms with Crippen LogP contribution in [0.5, 0.6) is 0 Å². The first-order chi connectivity index (χ1) is 8.88. The van der Waals surface area contributed by atoms with Gasteiger partial charge in [0, 0.05) is 19.4 Å². The standard InChI is InChI=1S/C10H14N6O2S/c1-7-3-13-8(4-12-7)5-14-19(17,18)9-6-16(2)15-10(9)11/h3-4,6,14H,5H2,1-2H3,(H2,11,15). The van der Waals surface area contributed by atoms with Crippen LogP contribution in [0.4, 0.5) is 5.82 Å². The van der Waals surface area contributed by atoms with Crippen LogP contribution in [0.1, 0.15) is 11.4 Å². The number of nitrogen functional groups attached to an aromatic ring is 1. The monoisotopic (exact) mass is 282 g/mol. The molecule has 0 fully saturated rings. The molecule has 0 aromatic carbocycles. The predicted octanol–water partition coefficient (Wildman–Crippen LogP) is -0.421. The predicted molar refractivity (Wildman–Crippen MR) is 68.4 cm³/mol. The van der Waals surface area contributed by atoms with Gasteiger partial charge in [-0.1, -0.05) is 0 Å². The molecule has 0 saturated heterocycles. The Morgan fingerprint density at radius 1 is 1.37 bits per heavy atom. The molecule has 0 saturated carbocycles. The molecule has 0 unspecified atom stereocenters. The van der Waals surface area contributed by atoms with Crippen molar-refractivity contribution in [1.82, 2.24) is 24.5 Å². The van der Waals surface area contributed by atoms with Crippen LogP contribution in [0.2, 0.25) is 0 Å².